The maximum atomic E-state index is 4.59. The van der Waals surface area contributed by atoms with Crippen LogP contribution in [0.1, 0.15) is 18.2 Å². The smallest absolute Gasteiger partial charge is 0.0688 e. The van der Waals surface area contributed by atoms with Crippen molar-refractivity contribution in [2.24, 2.45) is 0 Å². The van der Waals surface area contributed by atoms with Crippen LogP contribution in [0.5, 0.6) is 0 Å². The molecular weight excluding hydrogens is 264 g/mol. The van der Waals surface area contributed by atoms with E-state index in [-0.39, 0.29) is 0 Å². The quantitative estimate of drug-likeness (QED) is 0.767. The fourth-order valence-electron chi connectivity index (χ4n) is 2.00. The van der Waals surface area contributed by atoms with E-state index >= 15 is 0 Å². The van der Waals surface area contributed by atoms with E-state index in [0.717, 1.165) is 5.69 Å². The molecule has 1 heterocycles. The molecule has 3 rings (SSSR count). The minimum atomic E-state index is 0.531. The van der Waals surface area contributed by atoms with Gasteiger partial charge in [0.2, 0.25) is 0 Å². The fourth-order valence-corrected chi connectivity index (χ4v) is 2.61. The Morgan fingerprint density at radius 1 is 1.31 bits per heavy atom. The third-order valence-corrected chi connectivity index (χ3v) is 3.91. The fraction of sp³-hybridized carbons (Fsp3) is 0.308. The van der Waals surface area contributed by atoms with Gasteiger partial charge < -0.3 is 0 Å². The SMILES string of the molecule is Cc1cc(-c2ccccc2)n(C2CC2Br)n1. The number of rotatable bonds is 2. The lowest BCUT2D eigenvalue weighted by molar-refractivity contribution is 0.646. The predicted molar refractivity (Wildman–Crippen MR) is 68.8 cm³/mol. The first-order valence-corrected chi connectivity index (χ1v) is 6.43. The molecule has 16 heavy (non-hydrogen) atoms. The molecule has 1 aromatic carbocycles. The highest BCUT2D eigenvalue weighted by molar-refractivity contribution is 9.09. The van der Waals surface area contributed by atoms with Crippen LogP contribution in [0.15, 0.2) is 36.4 Å². The van der Waals surface area contributed by atoms with E-state index in [2.05, 4.69) is 63.0 Å². The summed E-state index contributed by atoms with van der Waals surface area (Å²) in [6.07, 6.45) is 1.18. The van der Waals surface area contributed by atoms with Gasteiger partial charge in [-0.25, -0.2) is 0 Å². The number of nitrogens with zero attached hydrogens (tertiary/aromatic N) is 2. The highest BCUT2D eigenvalue weighted by atomic mass is 79.9. The van der Waals surface area contributed by atoms with E-state index < -0.39 is 0 Å². The van der Waals surface area contributed by atoms with E-state index in [9.17, 15) is 0 Å². The topological polar surface area (TPSA) is 17.8 Å². The number of aromatic nitrogens is 2. The summed E-state index contributed by atoms with van der Waals surface area (Å²) in [5.74, 6) is 0. The Hall–Kier alpha value is -1.09. The standard InChI is InChI=1S/C13H13BrN2/c1-9-7-12(10-5-3-2-4-6-10)16(15-9)13-8-11(13)14/h2-7,11,13H,8H2,1H3. The van der Waals surface area contributed by atoms with Crippen molar-refractivity contribution in [3.8, 4) is 11.3 Å². The summed E-state index contributed by atoms with van der Waals surface area (Å²) >= 11 is 3.64. The average Bonchev–Trinajstić information content (AvgIpc) is 2.88. The second-order valence-corrected chi connectivity index (χ2v) is 5.48. The van der Waals surface area contributed by atoms with E-state index in [1.807, 2.05) is 6.07 Å². The van der Waals surface area contributed by atoms with Gasteiger partial charge in [-0.15, -0.1) is 0 Å². The van der Waals surface area contributed by atoms with Crippen LogP contribution in [0.25, 0.3) is 11.3 Å². The molecule has 1 aliphatic carbocycles. The molecule has 82 valence electrons. The lowest BCUT2D eigenvalue weighted by Gasteiger charge is -2.05. The van der Waals surface area contributed by atoms with Crippen LogP contribution in [-0.2, 0) is 0 Å². The van der Waals surface area contributed by atoms with E-state index in [1.165, 1.54) is 17.7 Å². The summed E-state index contributed by atoms with van der Waals surface area (Å²) in [4.78, 5) is 0.592. The van der Waals surface area contributed by atoms with Gasteiger partial charge in [0.05, 0.1) is 17.4 Å². The molecule has 0 saturated heterocycles. The van der Waals surface area contributed by atoms with Gasteiger partial charge in [0.15, 0.2) is 0 Å². The first kappa shape index (κ1) is 10.1. The molecule has 1 fully saturated rings. The summed E-state index contributed by atoms with van der Waals surface area (Å²) < 4.78 is 2.16. The highest BCUT2D eigenvalue weighted by Gasteiger charge is 2.38. The summed E-state index contributed by atoms with van der Waals surface area (Å²) in [7, 11) is 0. The molecule has 2 aromatic rings. The van der Waals surface area contributed by atoms with Crippen LogP contribution in [0.2, 0.25) is 0 Å². The number of hydrogen-bond donors (Lipinski definition) is 0. The van der Waals surface area contributed by atoms with Crippen LogP contribution >= 0.6 is 15.9 Å². The zero-order valence-corrected chi connectivity index (χ0v) is 10.7. The van der Waals surface area contributed by atoms with Crippen LogP contribution in [0.4, 0.5) is 0 Å². The van der Waals surface area contributed by atoms with E-state index in [0.29, 0.717) is 10.9 Å². The molecule has 0 radical (unpaired) electrons. The van der Waals surface area contributed by atoms with Gasteiger partial charge in [-0.2, -0.15) is 5.10 Å². The molecule has 3 heteroatoms. The second kappa shape index (κ2) is 3.74. The van der Waals surface area contributed by atoms with Crippen molar-refractivity contribution in [3.63, 3.8) is 0 Å². The Bertz CT molecular complexity index is 504. The molecule has 1 aliphatic rings. The van der Waals surface area contributed by atoms with Crippen molar-refractivity contribution in [2.75, 3.05) is 0 Å². The molecule has 2 nitrogen and oxygen atoms in total. The molecular formula is C13H13BrN2. The summed E-state index contributed by atoms with van der Waals surface area (Å²) in [6.45, 7) is 2.05. The van der Waals surface area contributed by atoms with Gasteiger partial charge in [-0.1, -0.05) is 46.3 Å². The molecule has 2 atom stereocenters. The number of hydrogen-bond acceptors (Lipinski definition) is 1. The van der Waals surface area contributed by atoms with Crippen LogP contribution in [-0.4, -0.2) is 14.6 Å². The van der Waals surface area contributed by atoms with Gasteiger partial charge in [0, 0.05) is 4.83 Å². The number of alkyl halides is 1. The molecule has 0 amide bonds. The minimum Gasteiger partial charge on any atom is -0.260 e. The highest BCUT2D eigenvalue weighted by Crippen LogP contribution is 2.44. The number of halogens is 1. The van der Waals surface area contributed by atoms with Crippen molar-refractivity contribution in [1.82, 2.24) is 9.78 Å². The van der Waals surface area contributed by atoms with Gasteiger partial charge in [0.25, 0.3) is 0 Å². The summed E-state index contributed by atoms with van der Waals surface area (Å²) in [5.41, 5.74) is 3.56. The van der Waals surface area contributed by atoms with E-state index in [4.69, 9.17) is 0 Å². The van der Waals surface area contributed by atoms with Crippen molar-refractivity contribution in [1.29, 1.82) is 0 Å². The first-order chi connectivity index (χ1) is 7.75. The maximum absolute atomic E-state index is 4.59. The van der Waals surface area contributed by atoms with Crippen LogP contribution in [0, 0.1) is 6.92 Å². The van der Waals surface area contributed by atoms with Crippen LogP contribution < -0.4 is 0 Å². The van der Waals surface area contributed by atoms with Crippen molar-refractivity contribution in [2.45, 2.75) is 24.2 Å². The third-order valence-electron chi connectivity index (χ3n) is 2.92. The monoisotopic (exact) mass is 276 g/mol. The van der Waals surface area contributed by atoms with Gasteiger partial charge in [0.1, 0.15) is 0 Å². The van der Waals surface area contributed by atoms with Crippen molar-refractivity contribution < 1.29 is 0 Å². The van der Waals surface area contributed by atoms with E-state index in [1.54, 1.807) is 0 Å². The van der Waals surface area contributed by atoms with Gasteiger partial charge >= 0.3 is 0 Å². The summed E-state index contributed by atoms with van der Waals surface area (Å²) in [5, 5.41) is 4.59. The van der Waals surface area contributed by atoms with Crippen LogP contribution in [0.3, 0.4) is 0 Å². The molecule has 0 aliphatic heterocycles. The Balaban J connectivity index is 2.07. The lowest BCUT2D eigenvalue weighted by Crippen LogP contribution is -2.01. The molecule has 1 saturated carbocycles. The molecule has 0 spiro atoms. The lowest BCUT2D eigenvalue weighted by atomic mass is 10.1. The zero-order chi connectivity index (χ0) is 11.1. The maximum Gasteiger partial charge on any atom is 0.0688 e. The number of aryl methyl sites for hydroxylation is 1. The molecule has 0 bridgehead atoms. The third kappa shape index (κ3) is 1.69. The normalized spacial score (nSPS) is 23.4. The Kier molecular flexibility index (Phi) is 2.36. The Labute approximate surface area is 103 Å². The summed E-state index contributed by atoms with van der Waals surface area (Å²) in [6, 6.07) is 13.1. The molecule has 0 N–H and O–H groups in total. The molecule has 1 aromatic heterocycles. The largest absolute Gasteiger partial charge is 0.260 e. The predicted octanol–water partition coefficient (Wildman–Crippen LogP) is 3.57. The van der Waals surface area contributed by atoms with Gasteiger partial charge in [-0.05, 0) is 25.0 Å². The second-order valence-electron chi connectivity index (χ2n) is 4.30. The Morgan fingerprint density at radius 2 is 2.00 bits per heavy atom. The zero-order valence-electron chi connectivity index (χ0n) is 9.10. The molecule has 2 unspecified atom stereocenters. The van der Waals surface area contributed by atoms with Crippen molar-refractivity contribution >= 4 is 15.9 Å². The first-order valence-electron chi connectivity index (χ1n) is 5.51. The minimum absolute atomic E-state index is 0.531. The number of benzene rings is 1. The average molecular weight is 277 g/mol. The Morgan fingerprint density at radius 3 is 2.62 bits per heavy atom. The van der Waals surface area contributed by atoms with Gasteiger partial charge in [-0.3, -0.25) is 4.68 Å². The van der Waals surface area contributed by atoms with Crippen molar-refractivity contribution in [3.05, 3.63) is 42.1 Å².